The van der Waals surface area contributed by atoms with Gasteiger partial charge in [0, 0.05) is 24.2 Å². The Hall–Kier alpha value is -2.38. The van der Waals surface area contributed by atoms with Crippen LogP contribution in [0.25, 0.3) is 11.3 Å². The van der Waals surface area contributed by atoms with Gasteiger partial charge in [0.1, 0.15) is 17.3 Å². The van der Waals surface area contributed by atoms with Gasteiger partial charge in [-0.05, 0) is 31.2 Å². The van der Waals surface area contributed by atoms with Gasteiger partial charge >= 0.3 is 0 Å². The van der Waals surface area contributed by atoms with Gasteiger partial charge in [-0.1, -0.05) is 30.3 Å². The largest absolute Gasteiger partial charge is 0.396 e. The van der Waals surface area contributed by atoms with Crippen molar-refractivity contribution in [3.8, 4) is 17.3 Å². The van der Waals surface area contributed by atoms with E-state index in [-0.39, 0.29) is 6.61 Å². The highest BCUT2D eigenvalue weighted by Crippen LogP contribution is 2.32. The van der Waals surface area contributed by atoms with Gasteiger partial charge in [0.15, 0.2) is 0 Å². The first-order valence-corrected chi connectivity index (χ1v) is 8.26. The summed E-state index contributed by atoms with van der Waals surface area (Å²) in [4.78, 5) is 3.45. The van der Waals surface area contributed by atoms with Crippen LogP contribution in [0.1, 0.15) is 36.0 Å². The molecule has 4 nitrogen and oxygen atoms in total. The third-order valence-electron chi connectivity index (χ3n) is 4.38. The molecule has 0 amide bonds. The highest BCUT2D eigenvalue weighted by Gasteiger charge is 2.26. The van der Waals surface area contributed by atoms with E-state index >= 15 is 0 Å². The summed E-state index contributed by atoms with van der Waals surface area (Å²) in [6.07, 6.45) is 4.94. The first-order valence-electron chi connectivity index (χ1n) is 8.26. The molecule has 23 heavy (non-hydrogen) atoms. The molecule has 1 aliphatic carbocycles. The Labute approximate surface area is 136 Å². The summed E-state index contributed by atoms with van der Waals surface area (Å²) < 4.78 is 0. The van der Waals surface area contributed by atoms with E-state index in [1.54, 1.807) is 0 Å². The van der Waals surface area contributed by atoms with Crippen molar-refractivity contribution in [2.75, 3.05) is 18.5 Å². The third-order valence-corrected chi connectivity index (χ3v) is 4.38. The number of H-pyrrole nitrogens is 1. The van der Waals surface area contributed by atoms with Gasteiger partial charge in [-0.15, -0.1) is 0 Å². The van der Waals surface area contributed by atoms with Crippen molar-refractivity contribution in [3.05, 3.63) is 47.0 Å². The van der Waals surface area contributed by atoms with E-state index in [0.717, 1.165) is 41.9 Å². The SMILES string of the molecule is N#Cc1c(NCCCO)[nH+]c(-c2ccccc2)c2c1CCCC2. The summed E-state index contributed by atoms with van der Waals surface area (Å²) in [6, 6.07) is 12.7. The molecule has 1 aromatic heterocycles. The highest BCUT2D eigenvalue weighted by atomic mass is 16.3. The van der Waals surface area contributed by atoms with Crippen LogP contribution in [0.2, 0.25) is 0 Å². The van der Waals surface area contributed by atoms with Gasteiger partial charge in [-0.25, -0.2) is 4.98 Å². The van der Waals surface area contributed by atoms with Crippen LogP contribution in [0, 0.1) is 11.3 Å². The summed E-state index contributed by atoms with van der Waals surface area (Å²) in [5, 5.41) is 21.9. The molecule has 0 spiro atoms. The normalized spacial score (nSPS) is 13.2. The van der Waals surface area contributed by atoms with E-state index in [2.05, 4.69) is 28.5 Å². The fourth-order valence-corrected chi connectivity index (χ4v) is 3.27. The molecule has 4 heteroatoms. The second-order valence-corrected chi connectivity index (χ2v) is 5.90. The maximum atomic E-state index is 9.63. The number of aliphatic hydroxyl groups excluding tert-OH is 1. The minimum Gasteiger partial charge on any atom is -0.396 e. The van der Waals surface area contributed by atoms with Crippen molar-refractivity contribution >= 4 is 5.82 Å². The van der Waals surface area contributed by atoms with Gasteiger partial charge in [0.05, 0.1) is 6.54 Å². The van der Waals surface area contributed by atoms with E-state index in [4.69, 9.17) is 5.11 Å². The maximum Gasteiger partial charge on any atom is 0.291 e. The van der Waals surface area contributed by atoms with E-state index in [0.29, 0.717) is 13.0 Å². The number of aromatic nitrogens is 1. The number of rotatable bonds is 5. The average molecular weight is 308 g/mol. The number of aliphatic hydroxyl groups is 1. The lowest BCUT2D eigenvalue weighted by atomic mass is 9.86. The average Bonchev–Trinajstić information content (AvgIpc) is 2.62. The van der Waals surface area contributed by atoms with Crippen LogP contribution < -0.4 is 10.3 Å². The van der Waals surface area contributed by atoms with Gasteiger partial charge in [0.25, 0.3) is 5.82 Å². The summed E-state index contributed by atoms with van der Waals surface area (Å²) in [5.74, 6) is 0.778. The van der Waals surface area contributed by atoms with E-state index < -0.39 is 0 Å². The Morgan fingerprint density at radius 1 is 1.13 bits per heavy atom. The van der Waals surface area contributed by atoms with Crippen LogP contribution in [-0.4, -0.2) is 18.3 Å². The summed E-state index contributed by atoms with van der Waals surface area (Å²) in [6.45, 7) is 0.792. The number of aromatic amines is 1. The molecule has 0 fully saturated rings. The molecule has 1 aromatic carbocycles. The predicted octanol–water partition coefficient (Wildman–Crippen LogP) is 2.71. The molecule has 1 heterocycles. The lowest BCUT2D eigenvalue weighted by molar-refractivity contribution is -0.348. The Kier molecular flexibility index (Phi) is 4.89. The van der Waals surface area contributed by atoms with Crippen LogP contribution in [0.15, 0.2) is 30.3 Å². The molecular formula is C19H22N3O+. The van der Waals surface area contributed by atoms with Crippen LogP contribution >= 0.6 is 0 Å². The van der Waals surface area contributed by atoms with Crippen molar-refractivity contribution in [3.63, 3.8) is 0 Å². The molecule has 0 saturated heterocycles. The number of benzene rings is 1. The van der Waals surface area contributed by atoms with Gasteiger partial charge in [-0.2, -0.15) is 5.26 Å². The quantitative estimate of drug-likeness (QED) is 0.834. The molecule has 0 aliphatic heterocycles. The minimum absolute atomic E-state index is 0.144. The van der Waals surface area contributed by atoms with E-state index in [1.807, 2.05) is 18.2 Å². The van der Waals surface area contributed by atoms with Crippen molar-refractivity contribution in [1.82, 2.24) is 0 Å². The number of pyridine rings is 1. The number of nitrogens with one attached hydrogen (secondary N) is 2. The molecule has 0 atom stereocenters. The second-order valence-electron chi connectivity index (χ2n) is 5.90. The number of nitriles is 1. The fraction of sp³-hybridized carbons (Fsp3) is 0.368. The Balaban J connectivity index is 2.11. The topological polar surface area (TPSA) is 70.2 Å². The van der Waals surface area contributed by atoms with Gasteiger partial charge < -0.3 is 5.11 Å². The molecule has 2 aromatic rings. The molecule has 0 unspecified atom stereocenters. The van der Waals surface area contributed by atoms with Crippen LogP contribution in [0.3, 0.4) is 0 Å². The molecule has 0 radical (unpaired) electrons. The molecule has 1 aliphatic rings. The first kappa shape index (κ1) is 15.5. The van der Waals surface area contributed by atoms with Crippen molar-refractivity contribution in [1.29, 1.82) is 5.26 Å². The smallest absolute Gasteiger partial charge is 0.291 e. The monoisotopic (exact) mass is 308 g/mol. The number of hydrogen-bond donors (Lipinski definition) is 2. The predicted molar refractivity (Wildman–Crippen MR) is 90.0 cm³/mol. The Bertz CT molecular complexity index is 720. The summed E-state index contributed by atoms with van der Waals surface area (Å²) >= 11 is 0. The molecule has 0 bridgehead atoms. The molecular weight excluding hydrogens is 286 g/mol. The molecule has 0 saturated carbocycles. The number of nitrogens with zero attached hydrogens (tertiary/aromatic N) is 1. The lowest BCUT2D eigenvalue weighted by Crippen LogP contribution is -2.24. The fourth-order valence-electron chi connectivity index (χ4n) is 3.27. The van der Waals surface area contributed by atoms with Crippen molar-refractivity contribution in [2.45, 2.75) is 32.1 Å². The van der Waals surface area contributed by atoms with Crippen molar-refractivity contribution < 1.29 is 10.1 Å². The van der Waals surface area contributed by atoms with Gasteiger partial charge in [-0.3, -0.25) is 5.32 Å². The van der Waals surface area contributed by atoms with E-state index in [9.17, 15) is 5.26 Å². The number of hydrogen-bond acceptors (Lipinski definition) is 3. The lowest BCUT2D eigenvalue weighted by Gasteiger charge is -2.20. The third kappa shape index (κ3) is 3.20. The van der Waals surface area contributed by atoms with Gasteiger partial charge in [0.2, 0.25) is 0 Å². The second kappa shape index (κ2) is 7.26. The zero-order chi connectivity index (χ0) is 16.1. The molecule has 118 valence electrons. The molecule has 3 N–H and O–H groups in total. The zero-order valence-corrected chi connectivity index (χ0v) is 13.2. The molecule has 3 rings (SSSR count). The number of anilines is 1. The highest BCUT2D eigenvalue weighted by molar-refractivity contribution is 5.67. The summed E-state index contributed by atoms with van der Waals surface area (Å²) in [5.41, 5.74) is 5.47. The number of fused-ring (bicyclic) bond motifs is 1. The Morgan fingerprint density at radius 3 is 2.57 bits per heavy atom. The van der Waals surface area contributed by atoms with Crippen LogP contribution in [0.4, 0.5) is 5.82 Å². The Morgan fingerprint density at radius 2 is 1.87 bits per heavy atom. The van der Waals surface area contributed by atoms with E-state index in [1.165, 1.54) is 17.5 Å². The maximum absolute atomic E-state index is 9.63. The van der Waals surface area contributed by atoms with Crippen molar-refractivity contribution in [2.24, 2.45) is 0 Å². The zero-order valence-electron chi connectivity index (χ0n) is 13.2. The van der Waals surface area contributed by atoms with Crippen LogP contribution in [-0.2, 0) is 12.8 Å². The minimum atomic E-state index is 0.144. The standard InChI is InChI=1S/C19H21N3O/c20-13-17-15-9-4-5-10-16(15)18(14-7-2-1-3-8-14)22-19(17)21-11-6-12-23/h1-3,7-8,23H,4-6,9-12H2,(H,21,22)/p+1. The summed E-state index contributed by atoms with van der Waals surface area (Å²) in [7, 11) is 0. The first-order chi connectivity index (χ1) is 11.3. The van der Waals surface area contributed by atoms with Crippen LogP contribution in [0.5, 0.6) is 0 Å².